The Labute approximate surface area is 120 Å². The monoisotopic (exact) mass is 316 g/mol. The number of nitrogens with one attached hydrogen (secondary N) is 1. The number of aliphatic hydroxyl groups excluding tert-OH is 1. The first-order chi connectivity index (χ1) is 9.21. The number of anilines is 1. The van der Waals surface area contributed by atoms with Crippen molar-refractivity contribution in [1.29, 1.82) is 5.26 Å². The lowest BCUT2D eigenvalue weighted by Crippen LogP contribution is -2.00. The van der Waals surface area contributed by atoms with Crippen molar-refractivity contribution in [1.82, 2.24) is 0 Å². The van der Waals surface area contributed by atoms with E-state index in [9.17, 15) is 0 Å². The van der Waals surface area contributed by atoms with Gasteiger partial charge in [0, 0.05) is 16.7 Å². The molecule has 0 saturated carbocycles. The number of benzene rings is 2. The average molecular weight is 317 g/mol. The normalized spacial score (nSPS) is 9.95. The highest BCUT2D eigenvalue weighted by Crippen LogP contribution is 2.20. The maximum absolute atomic E-state index is 9.09. The van der Waals surface area contributed by atoms with E-state index in [1.807, 2.05) is 30.3 Å². The third-order valence-electron chi connectivity index (χ3n) is 2.70. The van der Waals surface area contributed by atoms with Crippen LogP contribution in [-0.4, -0.2) is 5.11 Å². The predicted octanol–water partition coefficient (Wildman–Crippen LogP) is 3.43. The fourth-order valence-electron chi connectivity index (χ4n) is 1.80. The van der Waals surface area contributed by atoms with Gasteiger partial charge in [-0.1, -0.05) is 40.2 Å². The van der Waals surface area contributed by atoms with Gasteiger partial charge in [0.25, 0.3) is 0 Å². The number of hydrogen-bond acceptors (Lipinski definition) is 3. The summed E-state index contributed by atoms with van der Waals surface area (Å²) in [7, 11) is 0. The molecule has 2 rings (SSSR count). The molecule has 0 amide bonds. The summed E-state index contributed by atoms with van der Waals surface area (Å²) in [6.07, 6.45) is 0. The molecule has 0 heterocycles. The third-order valence-corrected chi connectivity index (χ3v) is 3.16. The van der Waals surface area contributed by atoms with Crippen LogP contribution < -0.4 is 5.32 Å². The molecule has 96 valence electrons. The second-order valence-corrected chi connectivity index (χ2v) is 5.09. The topological polar surface area (TPSA) is 56.0 Å². The molecule has 0 unspecified atom stereocenters. The summed E-state index contributed by atoms with van der Waals surface area (Å²) in [6.45, 7) is 0.693. The minimum absolute atomic E-state index is 0.0449. The third kappa shape index (κ3) is 3.82. The molecule has 0 fully saturated rings. The summed E-state index contributed by atoms with van der Waals surface area (Å²) in [5.41, 5.74) is 3.48. The Kier molecular flexibility index (Phi) is 4.56. The molecule has 2 aromatic carbocycles. The van der Waals surface area contributed by atoms with Gasteiger partial charge in [-0.15, -0.1) is 0 Å². The molecular formula is C15H13BrN2O. The molecule has 4 heteroatoms. The SMILES string of the molecule is N#Cc1cc(Br)cc(NCc2cccc(CO)c2)c1. The highest BCUT2D eigenvalue weighted by Gasteiger charge is 2.00. The van der Waals surface area contributed by atoms with E-state index in [1.54, 1.807) is 12.1 Å². The Morgan fingerprint density at radius 2 is 1.95 bits per heavy atom. The van der Waals surface area contributed by atoms with Crippen LogP contribution in [0.4, 0.5) is 5.69 Å². The summed E-state index contributed by atoms with van der Waals surface area (Å²) in [6, 6.07) is 15.4. The van der Waals surface area contributed by atoms with Crippen molar-refractivity contribution in [3.63, 3.8) is 0 Å². The van der Waals surface area contributed by atoms with Gasteiger partial charge in [-0.25, -0.2) is 0 Å². The highest BCUT2D eigenvalue weighted by molar-refractivity contribution is 9.10. The summed E-state index contributed by atoms with van der Waals surface area (Å²) < 4.78 is 0.873. The first-order valence-corrected chi connectivity index (χ1v) is 6.64. The van der Waals surface area contributed by atoms with E-state index in [4.69, 9.17) is 10.4 Å². The van der Waals surface area contributed by atoms with E-state index in [2.05, 4.69) is 27.3 Å². The van der Waals surface area contributed by atoms with E-state index in [-0.39, 0.29) is 6.61 Å². The largest absolute Gasteiger partial charge is 0.392 e. The Hall–Kier alpha value is -1.83. The first-order valence-electron chi connectivity index (χ1n) is 5.84. The smallest absolute Gasteiger partial charge is 0.0992 e. The van der Waals surface area contributed by atoms with Crippen LogP contribution >= 0.6 is 15.9 Å². The van der Waals surface area contributed by atoms with Crippen molar-refractivity contribution < 1.29 is 5.11 Å². The molecule has 0 atom stereocenters. The van der Waals surface area contributed by atoms with Crippen LogP contribution in [0, 0.1) is 11.3 Å². The van der Waals surface area contributed by atoms with E-state index in [1.165, 1.54) is 0 Å². The summed E-state index contributed by atoms with van der Waals surface area (Å²) in [5.74, 6) is 0. The zero-order valence-electron chi connectivity index (χ0n) is 10.2. The predicted molar refractivity (Wildman–Crippen MR) is 78.5 cm³/mol. The lowest BCUT2D eigenvalue weighted by atomic mass is 10.1. The Morgan fingerprint density at radius 1 is 1.16 bits per heavy atom. The van der Waals surface area contributed by atoms with Gasteiger partial charge in [0.1, 0.15) is 0 Å². The van der Waals surface area contributed by atoms with Crippen LogP contribution in [0.1, 0.15) is 16.7 Å². The second kappa shape index (κ2) is 6.37. The van der Waals surface area contributed by atoms with Crippen LogP contribution in [0.25, 0.3) is 0 Å². The summed E-state index contributed by atoms with van der Waals surface area (Å²) >= 11 is 3.38. The number of hydrogen-bond donors (Lipinski definition) is 2. The van der Waals surface area contributed by atoms with Gasteiger partial charge in [-0.05, 0) is 29.3 Å². The standard InChI is InChI=1S/C15H13BrN2O/c16-14-5-13(8-17)6-15(7-14)18-9-11-2-1-3-12(4-11)10-19/h1-7,18-19H,9-10H2. The van der Waals surface area contributed by atoms with Crippen molar-refractivity contribution in [2.24, 2.45) is 0 Å². The van der Waals surface area contributed by atoms with E-state index < -0.39 is 0 Å². The van der Waals surface area contributed by atoms with Gasteiger partial charge in [0.2, 0.25) is 0 Å². The van der Waals surface area contributed by atoms with E-state index >= 15 is 0 Å². The minimum Gasteiger partial charge on any atom is -0.392 e. The summed E-state index contributed by atoms with van der Waals surface area (Å²) in [5, 5.41) is 21.3. The minimum atomic E-state index is 0.0449. The number of halogens is 1. The van der Waals surface area contributed by atoms with Crippen LogP contribution in [0.2, 0.25) is 0 Å². The van der Waals surface area contributed by atoms with Crippen molar-refractivity contribution in [3.8, 4) is 6.07 Å². The Morgan fingerprint density at radius 3 is 2.68 bits per heavy atom. The quantitative estimate of drug-likeness (QED) is 0.908. The van der Waals surface area contributed by atoms with Crippen molar-refractivity contribution in [3.05, 3.63) is 63.6 Å². The average Bonchev–Trinajstić information content (AvgIpc) is 2.44. The number of rotatable bonds is 4. The van der Waals surface area contributed by atoms with Gasteiger partial charge in [-0.3, -0.25) is 0 Å². The molecule has 2 N–H and O–H groups in total. The number of aliphatic hydroxyl groups is 1. The molecule has 3 nitrogen and oxygen atoms in total. The molecule has 0 aliphatic carbocycles. The van der Waals surface area contributed by atoms with Crippen molar-refractivity contribution >= 4 is 21.6 Å². The molecule has 0 bridgehead atoms. The zero-order valence-corrected chi connectivity index (χ0v) is 11.8. The Balaban J connectivity index is 2.10. The van der Waals surface area contributed by atoms with Gasteiger partial charge >= 0.3 is 0 Å². The van der Waals surface area contributed by atoms with Gasteiger partial charge < -0.3 is 10.4 Å². The van der Waals surface area contributed by atoms with Crippen LogP contribution in [0.15, 0.2) is 46.9 Å². The molecule has 2 aromatic rings. The van der Waals surface area contributed by atoms with Crippen LogP contribution in [-0.2, 0) is 13.2 Å². The van der Waals surface area contributed by atoms with E-state index in [0.717, 1.165) is 21.3 Å². The number of nitrogens with zero attached hydrogens (tertiary/aromatic N) is 1. The molecule has 0 radical (unpaired) electrons. The maximum Gasteiger partial charge on any atom is 0.0992 e. The summed E-state index contributed by atoms with van der Waals surface area (Å²) in [4.78, 5) is 0. The molecular weight excluding hydrogens is 304 g/mol. The highest BCUT2D eigenvalue weighted by atomic mass is 79.9. The maximum atomic E-state index is 9.09. The molecule has 0 aromatic heterocycles. The van der Waals surface area contributed by atoms with Crippen LogP contribution in [0.5, 0.6) is 0 Å². The first kappa shape index (κ1) is 13.6. The van der Waals surface area contributed by atoms with Gasteiger partial charge in [0.05, 0.1) is 18.2 Å². The van der Waals surface area contributed by atoms with Crippen LogP contribution in [0.3, 0.4) is 0 Å². The molecule has 0 aliphatic rings. The van der Waals surface area contributed by atoms with Gasteiger partial charge in [-0.2, -0.15) is 5.26 Å². The van der Waals surface area contributed by atoms with Crippen molar-refractivity contribution in [2.75, 3.05) is 5.32 Å². The Bertz CT molecular complexity index is 620. The number of nitriles is 1. The van der Waals surface area contributed by atoms with Gasteiger partial charge in [0.15, 0.2) is 0 Å². The zero-order chi connectivity index (χ0) is 13.7. The molecule has 19 heavy (non-hydrogen) atoms. The van der Waals surface area contributed by atoms with E-state index in [0.29, 0.717) is 12.1 Å². The fraction of sp³-hybridized carbons (Fsp3) is 0.133. The fourth-order valence-corrected chi connectivity index (χ4v) is 2.29. The molecule has 0 aliphatic heterocycles. The lowest BCUT2D eigenvalue weighted by Gasteiger charge is -2.08. The lowest BCUT2D eigenvalue weighted by molar-refractivity contribution is 0.281. The second-order valence-electron chi connectivity index (χ2n) is 4.17. The molecule has 0 saturated heterocycles. The van der Waals surface area contributed by atoms with Crippen molar-refractivity contribution in [2.45, 2.75) is 13.2 Å². The molecule has 0 spiro atoms.